The van der Waals surface area contributed by atoms with Crippen LogP contribution in [0.3, 0.4) is 0 Å². The second kappa shape index (κ2) is 7.27. The van der Waals surface area contributed by atoms with Crippen molar-refractivity contribution >= 4 is 11.6 Å². The Morgan fingerprint density at radius 2 is 2.26 bits per heavy atom. The molecule has 0 saturated carbocycles. The zero-order valence-electron chi connectivity index (χ0n) is 11.9. The Bertz CT molecular complexity index is 400. The quantitative estimate of drug-likeness (QED) is 0.873. The number of nitrogens with one attached hydrogen (secondary N) is 1. The summed E-state index contributed by atoms with van der Waals surface area (Å²) in [6.45, 7) is 7.41. The molecule has 0 aliphatic carbocycles. The van der Waals surface area contributed by atoms with E-state index in [1.807, 2.05) is 4.68 Å². The van der Waals surface area contributed by atoms with Crippen molar-refractivity contribution in [1.29, 1.82) is 0 Å². The summed E-state index contributed by atoms with van der Waals surface area (Å²) in [6.07, 6.45) is 4.66. The standard InChI is InChI=1S/C14H24ClN3O/c1-3-12-14(15)13(18(4-2)17-12)10-19-9-11-7-5-6-8-16-11/h11,16H,3-10H2,1-2H3. The van der Waals surface area contributed by atoms with Crippen LogP contribution in [0.2, 0.25) is 5.02 Å². The molecule has 1 unspecified atom stereocenters. The van der Waals surface area contributed by atoms with E-state index in [4.69, 9.17) is 16.3 Å². The highest BCUT2D eigenvalue weighted by Gasteiger charge is 2.16. The smallest absolute Gasteiger partial charge is 0.0900 e. The minimum Gasteiger partial charge on any atom is -0.373 e. The Hall–Kier alpha value is -0.580. The van der Waals surface area contributed by atoms with Crippen molar-refractivity contribution in [2.75, 3.05) is 13.2 Å². The number of nitrogens with zero attached hydrogens (tertiary/aromatic N) is 2. The Labute approximate surface area is 120 Å². The lowest BCUT2D eigenvalue weighted by Gasteiger charge is -2.23. The van der Waals surface area contributed by atoms with E-state index in [-0.39, 0.29) is 0 Å². The molecule has 4 nitrogen and oxygen atoms in total. The van der Waals surface area contributed by atoms with Gasteiger partial charge in [0.15, 0.2) is 0 Å². The lowest BCUT2D eigenvalue weighted by molar-refractivity contribution is 0.0866. The van der Waals surface area contributed by atoms with Gasteiger partial charge in [0.1, 0.15) is 0 Å². The van der Waals surface area contributed by atoms with Gasteiger partial charge in [0.2, 0.25) is 0 Å². The van der Waals surface area contributed by atoms with Gasteiger partial charge in [-0.2, -0.15) is 5.10 Å². The highest BCUT2D eigenvalue weighted by Crippen LogP contribution is 2.22. The lowest BCUT2D eigenvalue weighted by atomic mass is 10.1. The number of rotatable bonds is 6. The van der Waals surface area contributed by atoms with Gasteiger partial charge in [-0.25, -0.2) is 0 Å². The molecule has 1 saturated heterocycles. The van der Waals surface area contributed by atoms with Gasteiger partial charge in [-0.1, -0.05) is 24.9 Å². The molecule has 0 spiro atoms. The largest absolute Gasteiger partial charge is 0.373 e. The fourth-order valence-electron chi connectivity index (χ4n) is 2.52. The van der Waals surface area contributed by atoms with E-state index in [0.29, 0.717) is 12.6 Å². The summed E-state index contributed by atoms with van der Waals surface area (Å²) in [5, 5.41) is 8.76. The first kappa shape index (κ1) is 14.8. The summed E-state index contributed by atoms with van der Waals surface area (Å²) >= 11 is 6.35. The van der Waals surface area contributed by atoms with Crippen LogP contribution >= 0.6 is 11.6 Å². The molecule has 2 heterocycles. The first-order chi connectivity index (χ1) is 9.26. The third kappa shape index (κ3) is 3.71. The van der Waals surface area contributed by atoms with Crippen LogP contribution in [0.4, 0.5) is 0 Å². The average Bonchev–Trinajstić information content (AvgIpc) is 2.76. The van der Waals surface area contributed by atoms with Crippen molar-refractivity contribution in [3.63, 3.8) is 0 Å². The average molecular weight is 286 g/mol. The first-order valence-corrected chi connectivity index (χ1v) is 7.69. The molecular weight excluding hydrogens is 262 g/mol. The van der Waals surface area contributed by atoms with Gasteiger partial charge >= 0.3 is 0 Å². The molecule has 108 valence electrons. The Morgan fingerprint density at radius 3 is 2.89 bits per heavy atom. The summed E-state index contributed by atoms with van der Waals surface area (Å²) in [6, 6.07) is 0.496. The molecule has 1 aliphatic rings. The van der Waals surface area contributed by atoms with Crippen molar-refractivity contribution in [2.24, 2.45) is 0 Å². The fourth-order valence-corrected chi connectivity index (χ4v) is 2.84. The van der Waals surface area contributed by atoms with Crippen LogP contribution in [0.1, 0.15) is 44.5 Å². The van der Waals surface area contributed by atoms with E-state index in [1.165, 1.54) is 19.3 Å². The monoisotopic (exact) mass is 285 g/mol. The minimum absolute atomic E-state index is 0.496. The van der Waals surface area contributed by atoms with Crippen molar-refractivity contribution < 1.29 is 4.74 Å². The molecule has 1 aromatic rings. The van der Waals surface area contributed by atoms with E-state index in [0.717, 1.165) is 42.5 Å². The summed E-state index contributed by atoms with van der Waals surface area (Å²) in [4.78, 5) is 0. The lowest BCUT2D eigenvalue weighted by Crippen LogP contribution is -2.37. The summed E-state index contributed by atoms with van der Waals surface area (Å²) in [7, 11) is 0. The molecule has 5 heteroatoms. The van der Waals surface area contributed by atoms with Crippen molar-refractivity contribution in [3.8, 4) is 0 Å². The molecule has 0 aromatic carbocycles. The number of hydrogen-bond acceptors (Lipinski definition) is 3. The topological polar surface area (TPSA) is 39.1 Å². The van der Waals surface area contributed by atoms with E-state index in [1.54, 1.807) is 0 Å². The van der Waals surface area contributed by atoms with Crippen LogP contribution in [0.15, 0.2) is 0 Å². The van der Waals surface area contributed by atoms with Crippen LogP contribution in [0.5, 0.6) is 0 Å². The molecule has 1 aromatic heterocycles. The fraction of sp³-hybridized carbons (Fsp3) is 0.786. The maximum absolute atomic E-state index is 6.35. The third-order valence-corrected chi connectivity index (χ3v) is 4.10. The SMILES string of the molecule is CCc1nn(CC)c(COCC2CCCCN2)c1Cl. The zero-order valence-corrected chi connectivity index (χ0v) is 12.7. The molecule has 2 rings (SSSR count). The molecule has 0 amide bonds. The molecule has 1 atom stereocenters. The third-order valence-electron chi connectivity index (χ3n) is 3.66. The van der Waals surface area contributed by atoms with E-state index >= 15 is 0 Å². The predicted molar refractivity (Wildman–Crippen MR) is 77.6 cm³/mol. The van der Waals surface area contributed by atoms with Crippen molar-refractivity contribution in [2.45, 2.75) is 58.7 Å². The first-order valence-electron chi connectivity index (χ1n) is 7.31. The van der Waals surface area contributed by atoms with Crippen LogP contribution in [-0.4, -0.2) is 29.0 Å². The maximum atomic E-state index is 6.35. The number of hydrogen-bond donors (Lipinski definition) is 1. The maximum Gasteiger partial charge on any atom is 0.0900 e. The summed E-state index contributed by atoms with van der Waals surface area (Å²) in [5.41, 5.74) is 1.98. The van der Waals surface area contributed by atoms with E-state index < -0.39 is 0 Å². The molecule has 0 bridgehead atoms. The van der Waals surface area contributed by atoms with E-state index in [9.17, 15) is 0 Å². The number of aromatic nitrogens is 2. The van der Waals surface area contributed by atoms with Gasteiger partial charge in [0, 0.05) is 12.6 Å². The minimum atomic E-state index is 0.496. The van der Waals surface area contributed by atoms with E-state index in [2.05, 4.69) is 24.3 Å². The number of halogens is 1. The molecule has 0 radical (unpaired) electrons. The van der Waals surface area contributed by atoms with Crippen LogP contribution in [-0.2, 0) is 24.3 Å². The molecule has 1 fully saturated rings. The highest BCUT2D eigenvalue weighted by atomic mass is 35.5. The van der Waals surface area contributed by atoms with Gasteiger partial charge < -0.3 is 10.1 Å². The molecular formula is C14H24ClN3O. The second-order valence-corrected chi connectivity index (χ2v) is 5.42. The van der Waals surface area contributed by atoms with Gasteiger partial charge in [-0.15, -0.1) is 0 Å². The summed E-state index contributed by atoms with van der Waals surface area (Å²) in [5.74, 6) is 0. The van der Waals surface area contributed by atoms with Gasteiger partial charge in [0.25, 0.3) is 0 Å². The molecule has 19 heavy (non-hydrogen) atoms. The molecule has 1 N–H and O–H groups in total. The molecule has 1 aliphatic heterocycles. The van der Waals surface area contributed by atoms with Crippen molar-refractivity contribution in [1.82, 2.24) is 15.1 Å². The highest BCUT2D eigenvalue weighted by molar-refractivity contribution is 6.31. The van der Waals surface area contributed by atoms with Gasteiger partial charge in [-0.05, 0) is 32.7 Å². The second-order valence-electron chi connectivity index (χ2n) is 5.04. The van der Waals surface area contributed by atoms with Gasteiger partial charge in [-0.3, -0.25) is 4.68 Å². The van der Waals surface area contributed by atoms with Crippen LogP contribution in [0, 0.1) is 0 Å². The Morgan fingerprint density at radius 1 is 1.42 bits per heavy atom. The summed E-state index contributed by atoms with van der Waals surface area (Å²) < 4.78 is 7.79. The Kier molecular flexibility index (Phi) is 5.67. The predicted octanol–water partition coefficient (Wildman–Crippen LogP) is 2.78. The number of ether oxygens (including phenoxy) is 1. The van der Waals surface area contributed by atoms with Crippen molar-refractivity contribution in [3.05, 3.63) is 16.4 Å². The normalized spacial score (nSPS) is 19.8. The van der Waals surface area contributed by atoms with Crippen LogP contribution in [0.25, 0.3) is 0 Å². The van der Waals surface area contributed by atoms with Crippen LogP contribution < -0.4 is 5.32 Å². The number of aryl methyl sites for hydroxylation is 2. The van der Waals surface area contributed by atoms with Gasteiger partial charge in [0.05, 0.1) is 29.6 Å². The zero-order chi connectivity index (χ0) is 13.7. The number of piperidine rings is 1. The Balaban J connectivity index is 1.89.